The van der Waals surface area contributed by atoms with Crippen molar-refractivity contribution >= 4 is 21.6 Å². The molecule has 0 N–H and O–H groups in total. The van der Waals surface area contributed by atoms with E-state index in [9.17, 15) is 0 Å². The van der Waals surface area contributed by atoms with E-state index < -0.39 is 0 Å². The molecule has 0 aliphatic carbocycles. The summed E-state index contributed by atoms with van der Waals surface area (Å²) >= 11 is 0. The van der Waals surface area contributed by atoms with Gasteiger partial charge >= 0.3 is 0 Å². The molecule has 0 aliphatic rings. The average Bonchev–Trinajstić information content (AvgIpc) is 2.30. The molecular weight excluding hydrogens is 212 g/mol. The van der Waals surface area contributed by atoms with E-state index >= 15 is 0 Å². The monoisotopic (exact) mass is 224 g/mol. The van der Waals surface area contributed by atoms with Gasteiger partial charge in [0.1, 0.15) is 10.1 Å². The lowest BCUT2D eigenvalue weighted by Gasteiger charge is -1.97. The topological polar surface area (TPSA) is 25.8 Å². The second kappa shape index (κ2) is 5.02. The van der Waals surface area contributed by atoms with E-state index in [0.29, 0.717) is 12.1 Å². The lowest BCUT2D eigenvalue weighted by Crippen LogP contribution is -1.75. The number of pyridine rings is 2. The molecule has 0 atom stereocenters. The molecule has 2 nitrogen and oxygen atoms in total. The van der Waals surface area contributed by atoms with Gasteiger partial charge in [0.15, 0.2) is 0 Å². The van der Waals surface area contributed by atoms with Crippen LogP contribution in [0.5, 0.6) is 0 Å². The number of nitrogens with zero attached hydrogens (tertiary/aromatic N) is 2. The zero-order valence-electron chi connectivity index (χ0n) is 9.18. The normalized spacial score (nSPS) is 12.0. The summed E-state index contributed by atoms with van der Waals surface area (Å²) in [5.74, 6) is 0. The minimum Gasteiger partial charge on any atom is -0.249 e. The van der Waals surface area contributed by atoms with Crippen molar-refractivity contribution in [3.63, 3.8) is 0 Å². The Morgan fingerprint density at radius 2 is 1.43 bits per heavy atom. The van der Waals surface area contributed by atoms with Gasteiger partial charge in [-0.05, 0) is 45.8 Å². The summed E-state index contributed by atoms with van der Waals surface area (Å²) < 4.78 is 14.6. The quantitative estimate of drug-likeness (QED) is 0.747. The molecule has 0 amide bonds. The minimum atomic E-state index is 0.408. The first-order valence-electron chi connectivity index (χ1n) is 4.94. The van der Waals surface area contributed by atoms with E-state index in [1.165, 1.54) is 34.0 Å². The maximum Gasteiger partial charge on any atom is 0.107 e. The Labute approximate surface area is 93.4 Å². The number of hydrogen-bond acceptors (Lipinski definition) is 4. The van der Waals surface area contributed by atoms with Crippen LogP contribution in [-0.2, 0) is 0 Å². The summed E-state index contributed by atoms with van der Waals surface area (Å²) in [5, 5.41) is 1.69. The van der Waals surface area contributed by atoms with Crippen molar-refractivity contribution < 1.29 is 2.74 Å². The predicted octanol–water partition coefficient (Wildman–Crippen LogP) is 3.28. The first-order chi connectivity index (χ1) is 7.74. The van der Waals surface area contributed by atoms with Crippen LogP contribution >= 0.6 is 21.6 Å². The Morgan fingerprint density at radius 3 is 1.79 bits per heavy atom. The highest BCUT2D eigenvalue weighted by molar-refractivity contribution is 8.76. The highest BCUT2D eigenvalue weighted by Crippen LogP contribution is 2.34. The SMILES string of the molecule is [3H]c1ccc(SSc2ccc([3H])cn2)nc1. The van der Waals surface area contributed by atoms with Crippen LogP contribution < -0.4 is 0 Å². The molecule has 2 aromatic rings. The molecule has 70 valence electrons. The van der Waals surface area contributed by atoms with Crippen molar-refractivity contribution in [2.45, 2.75) is 10.1 Å². The van der Waals surface area contributed by atoms with E-state index in [2.05, 4.69) is 9.97 Å². The summed E-state index contributed by atoms with van der Waals surface area (Å²) in [7, 11) is 2.97. The lowest BCUT2D eigenvalue weighted by molar-refractivity contribution is 1.13. The second-order valence-corrected chi connectivity index (χ2v) is 4.53. The largest absolute Gasteiger partial charge is 0.249 e. The van der Waals surface area contributed by atoms with Crippen LogP contribution in [0.1, 0.15) is 2.74 Å². The molecule has 0 aliphatic heterocycles. The van der Waals surface area contributed by atoms with Gasteiger partial charge < -0.3 is 0 Å². The van der Waals surface area contributed by atoms with Crippen LogP contribution in [0.3, 0.4) is 0 Å². The highest BCUT2D eigenvalue weighted by Gasteiger charge is 1.97. The molecule has 14 heavy (non-hydrogen) atoms. The van der Waals surface area contributed by atoms with Gasteiger partial charge in [-0.2, -0.15) is 0 Å². The number of aromatic nitrogens is 2. The summed E-state index contributed by atoms with van der Waals surface area (Å²) in [5.41, 5.74) is 0. The molecule has 2 aromatic heterocycles. The standard InChI is InChI=1S/C10H8N2S2/c1-3-7-11-9(5-1)13-14-10-6-2-4-8-12-10/h1-8H/i3T,4T. The van der Waals surface area contributed by atoms with Gasteiger partial charge in [-0.3, -0.25) is 0 Å². The second-order valence-electron chi connectivity index (χ2n) is 2.36. The Balaban J connectivity index is 1.97. The molecule has 0 spiro atoms. The first-order valence-corrected chi connectivity index (χ1v) is 6.09. The van der Waals surface area contributed by atoms with Crippen LogP contribution in [0.15, 0.2) is 58.8 Å². The van der Waals surface area contributed by atoms with Gasteiger partial charge in [0.05, 0.1) is 2.74 Å². The average molecular weight is 224 g/mol. The summed E-state index contributed by atoms with van der Waals surface area (Å²) in [6.45, 7) is 0. The first kappa shape index (κ1) is 7.31. The van der Waals surface area contributed by atoms with Crippen molar-refractivity contribution in [1.29, 1.82) is 0 Å². The van der Waals surface area contributed by atoms with Crippen molar-refractivity contribution in [2.75, 3.05) is 0 Å². The number of rotatable bonds is 3. The molecule has 0 fully saturated rings. The van der Waals surface area contributed by atoms with E-state index in [0.717, 1.165) is 10.1 Å². The van der Waals surface area contributed by atoms with Crippen LogP contribution in [-0.4, -0.2) is 9.97 Å². The minimum absolute atomic E-state index is 0.408. The zero-order valence-corrected chi connectivity index (χ0v) is 8.81. The van der Waals surface area contributed by atoms with E-state index in [1.807, 2.05) is 0 Å². The summed E-state index contributed by atoms with van der Waals surface area (Å²) in [4.78, 5) is 8.20. The molecule has 0 saturated heterocycles. The van der Waals surface area contributed by atoms with Crippen LogP contribution in [0.25, 0.3) is 0 Å². The molecule has 2 rings (SSSR count). The summed E-state index contributed by atoms with van der Waals surface area (Å²) in [6, 6.07) is 7.83. The molecule has 2 heterocycles. The molecule has 0 aromatic carbocycles. The van der Waals surface area contributed by atoms with E-state index in [4.69, 9.17) is 2.74 Å². The molecule has 4 heteroatoms. The maximum absolute atomic E-state index is 7.30. The van der Waals surface area contributed by atoms with Crippen molar-refractivity contribution in [1.82, 2.24) is 9.97 Å². The predicted molar refractivity (Wildman–Crippen MR) is 60.2 cm³/mol. The Kier molecular flexibility index (Phi) is 2.62. The Hall–Kier alpha value is -1.00. The van der Waals surface area contributed by atoms with Crippen molar-refractivity contribution in [3.05, 3.63) is 48.7 Å². The third-order valence-corrected chi connectivity index (χ3v) is 3.57. The van der Waals surface area contributed by atoms with E-state index in [1.54, 1.807) is 24.3 Å². The fraction of sp³-hybridized carbons (Fsp3) is 0. The third-order valence-electron chi connectivity index (χ3n) is 1.39. The fourth-order valence-electron chi connectivity index (χ4n) is 0.797. The Morgan fingerprint density at radius 1 is 0.929 bits per heavy atom. The van der Waals surface area contributed by atoms with Gasteiger partial charge in [0, 0.05) is 12.4 Å². The zero-order chi connectivity index (χ0) is 11.4. The molecule has 0 radical (unpaired) electrons. The number of hydrogen-bond donors (Lipinski definition) is 0. The van der Waals surface area contributed by atoms with Gasteiger partial charge in [-0.15, -0.1) is 0 Å². The van der Waals surface area contributed by atoms with Crippen LogP contribution in [0, 0.1) is 0 Å². The molecule has 0 saturated carbocycles. The smallest absolute Gasteiger partial charge is 0.107 e. The highest BCUT2D eigenvalue weighted by atomic mass is 33.1. The molecule has 0 bridgehead atoms. The van der Waals surface area contributed by atoms with Gasteiger partial charge in [0.25, 0.3) is 0 Å². The summed E-state index contributed by atoms with van der Waals surface area (Å²) in [6.07, 6.45) is 3.03. The third kappa shape index (κ3) is 2.75. The fourth-order valence-corrected chi connectivity index (χ4v) is 2.51. The van der Waals surface area contributed by atoms with Crippen LogP contribution in [0.4, 0.5) is 0 Å². The Bertz CT molecular complexity index is 414. The molecule has 0 unspecified atom stereocenters. The maximum atomic E-state index is 7.30. The van der Waals surface area contributed by atoms with Gasteiger partial charge in [0.2, 0.25) is 0 Å². The van der Waals surface area contributed by atoms with Gasteiger partial charge in [-0.25, -0.2) is 9.97 Å². The van der Waals surface area contributed by atoms with Gasteiger partial charge in [-0.1, -0.05) is 12.1 Å². The van der Waals surface area contributed by atoms with E-state index in [-0.39, 0.29) is 0 Å². The molecular formula is C10H8N2S2. The van der Waals surface area contributed by atoms with Crippen molar-refractivity contribution in [2.24, 2.45) is 0 Å². The van der Waals surface area contributed by atoms with Crippen molar-refractivity contribution in [3.8, 4) is 0 Å². The lowest BCUT2D eigenvalue weighted by atomic mass is 10.5. The van der Waals surface area contributed by atoms with Crippen LogP contribution in [0.2, 0.25) is 0 Å².